The maximum Gasteiger partial charge on any atom is 0.345 e. The Kier molecular flexibility index (Phi) is 2.48. The van der Waals surface area contributed by atoms with Gasteiger partial charge in [-0.25, -0.2) is 4.79 Å². The first kappa shape index (κ1) is 12.0. The lowest BCUT2D eigenvalue weighted by Crippen LogP contribution is -2.32. The van der Waals surface area contributed by atoms with E-state index in [0.29, 0.717) is 10.9 Å². The molecule has 1 aromatic carbocycles. The quantitative estimate of drug-likeness (QED) is 0.624. The molecular weight excluding hydrogens is 252 g/mol. The van der Waals surface area contributed by atoms with E-state index in [1.807, 2.05) is 19.1 Å². The van der Waals surface area contributed by atoms with Crippen LogP contribution in [0.25, 0.3) is 0 Å². The molecule has 3 rings (SSSR count). The third-order valence-corrected chi connectivity index (χ3v) is 4.35. The Hall–Kier alpha value is -1.06. The lowest BCUT2D eigenvalue weighted by molar-refractivity contribution is -0.147. The maximum absolute atomic E-state index is 12.1. The van der Waals surface area contributed by atoms with Crippen molar-refractivity contribution in [3.63, 3.8) is 0 Å². The Labute approximate surface area is 111 Å². The zero-order valence-corrected chi connectivity index (χ0v) is 11.2. The third kappa shape index (κ3) is 1.44. The van der Waals surface area contributed by atoms with Crippen LogP contribution in [0.15, 0.2) is 24.3 Å². The van der Waals surface area contributed by atoms with E-state index in [1.165, 1.54) is 7.11 Å². The van der Waals surface area contributed by atoms with E-state index >= 15 is 0 Å². The minimum Gasteiger partial charge on any atom is -0.467 e. The zero-order valence-electron chi connectivity index (χ0n) is 10.4. The van der Waals surface area contributed by atoms with Crippen LogP contribution in [0, 0.1) is 5.92 Å². The van der Waals surface area contributed by atoms with Crippen molar-refractivity contribution in [2.24, 2.45) is 5.92 Å². The van der Waals surface area contributed by atoms with Crippen LogP contribution in [-0.4, -0.2) is 18.7 Å². The van der Waals surface area contributed by atoms with Gasteiger partial charge in [-0.1, -0.05) is 23.7 Å². The van der Waals surface area contributed by atoms with E-state index in [1.54, 1.807) is 12.1 Å². The van der Waals surface area contributed by atoms with Gasteiger partial charge in [0.1, 0.15) is 5.60 Å². The van der Waals surface area contributed by atoms with Crippen LogP contribution in [0.1, 0.15) is 25.3 Å². The number of epoxide rings is 1. The topological polar surface area (TPSA) is 38.8 Å². The molecule has 0 spiro atoms. The Morgan fingerprint density at radius 2 is 2.00 bits per heavy atom. The molecule has 1 aromatic rings. The summed E-state index contributed by atoms with van der Waals surface area (Å²) in [7, 11) is 1.40. The summed E-state index contributed by atoms with van der Waals surface area (Å²) in [5.74, 6) is 0.131. The summed E-state index contributed by atoms with van der Waals surface area (Å²) < 4.78 is 10.8. The first-order valence-corrected chi connectivity index (χ1v) is 6.47. The van der Waals surface area contributed by atoms with Gasteiger partial charge in [0, 0.05) is 5.02 Å². The van der Waals surface area contributed by atoms with Gasteiger partial charge in [0.05, 0.1) is 7.11 Å². The zero-order chi connectivity index (χ0) is 13.0. The van der Waals surface area contributed by atoms with Crippen molar-refractivity contribution < 1.29 is 14.3 Å². The molecule has 2 unspecified atom stereocenters. The van der Waals surface area contributed by atoms with Gasteiger partial charge < -0.3 is 9.47 Å². The highest BCUT2D eigenvalue weighted by Crippen LogP contribution is 2.65. The molecule has 18 heavy (non-hydrogen) atoms. The van der Waals surface area contributed by atoms with Gasteiger partial charge >= 0.3 is 5.97 Å². The van der Waals surface area contributed by atoms with Crippen molar-refractivity contribution in [1.82, 2.24) is 0 Å². The summed E-state index contributed by atoms with van der Waals surface area (Å²) in [5, 5.41) is 0.646. The highest BCUT2D eigenvalue weighted by atomic mass is 35.5. The molecule has 4 heteroatoms. The van der Waals surface area contributed by atoms with E-state index in [0.717, 1.165) is 18.4 Å². The molecule has 0 aromatic heterocycles. The van der Waals surface area contributed by atoms with Gasteiger partial charge in [0.15, 0.2) is 0 Å². The molecule has 1 heterocycles. The van der Waals surface area contributed by atoms with Crippen LogP contribution >= 0.6 is 11.6 Å². The lowest BCUT2D eigenvalue weighted by Gasteiger charge is -2.15. The molecule has 2 aliphatic rings. The smallest absolute Gasteiger partial charge is 0.345 e. The van der Waals surface area contributed by atoms with Gasteiger partial charge in [-0.15, -0.1) is 0 Å². The average Bonchev–Trinajstić information content (AvgIpc) is 3.24. The first-order chi connectivity index (χ1) is 8.54. The maximum atomic E-state index is 12.1. The summed E-state index contributed by atoms with van der Waals surface area (Å²) in [6.45, 7) is 2.00. The van der Waals surface area contributed by atoms with Gasteiger partial charge in [-0.05, 0) is 43.4 Å². The molecule has 1 aliphatic carbocycles. The first-order valence-electron chi connectivity index (χ1n) is 6.09. The number of carbonyl (C=O) groups excluding carboxylic acids is 1. The van der Waals surface area contributed by atoms with E-state index in [-0.39, 0.29) is 5.97 Å². The molecule has 3 nitrogen and oxygen atoms in total. The van der Waals surface area contributed by atoms with E-state index in [9.17, 15) is 4.79 Å². The van der Waals surface area contributed by atoms with Crippen molar-refractivity contribution in [3.05, 3.63) is 34.9 Å². The number of rotatable bonds is 3. The molecule has 1 aliphatic heterocycles. The number of benzene rings is 1. The number of carbonyl (C=O) groups is 1. The number of halogens is 1. The summed E-state index contributed by atoms with van der Waals surface area (Å²) >= 11 is 5.88. The van der Waals surface area contributed by atoms with Crippen LogP contribution in [0.2, 0.25) is 5.02 Å². The summed E-state index contributed by atoms with van der Waals surface area (Å²) in [5.41, 5.74) is -0.533. The SMILES string of the molecule is COC(=O)C1(c2ccc(Cl)cc2)OC1(C)C1CC1. The van der Waals surface area contributed by atoms with Crippen molar-refractivity contribution >= 4 is 17.6 Å². The normalized spacial score (nSPS) is 34.2. The average molecular weight is 267 g/mol. The fourth-order valence-corrected chi connectivity index (χ4v) is 2.96. The number of methoxy groups -OCH3 is 1. The van der Waals surface area contributed by atoms with Crippen LogP contribution < -0.4 is 0 Å². The number of esters is 1. The van der Waals surface area contributed by atoms with Crippen LogP contribution in [-0.2, 0) is 19.9 Å². The second-order valence-electron chi connectivity index (χ2n) is 5.16. The highest BCUT2D eigenvalue weighted by Gasteiger charge is 2.78. The van der Waals surface area contributed by atoms with Crippen LogP contribution in [0.3, 0.4) is 0 Å². The predicted octanol–water partition coefficient (Wildman–Crippen LogP) is 2.91. The summed E-state index contributed by atoms with van der Waals surface area (Å²) in [6, 6.07) is 7.23. The van der Waals surface area contributed by atoms with Crippen molar-refractivity contribution in [2.45, 2.75) is 31.0 Å². The predicted molar refractivity (Wildman–Crippen MR) is 67.4 cm³/mol. The number of hydrogen-bond acceptors (Lipinski definition) is 3. The third-order valence-electron chi connectivity index (χ3n) is 4.10. The van der Waals surface area contributed by atoms with Crippen LogP contribution in [0.5, 0.6) is 0 Å². The fraction of sp³-hybridized carbons (Fsp3) is 0.500. The second-order valence-corrected chi connectivity index (χ2v) is 5.60. The minimum absolute atomic E-state index is 0.320. The van der Waals surface area contributed by atoms with Gasteiger partial charge in [0.25, 0.3) is 0 Å². The van der Waals surface area contributed by atoms with Crippen molar-refractivity contribution in [3.8, 4) is 0 Å². The van der Waals surface area contributed by atoms with Gasteiger partial charge in [-0.3, -0.25) is 0 Å². The molecule has 96 valence electrons. The molecule has 2 atom stereocenters. The Morgan fingerprint density at radius 1 is 1.39 bits per heavy atom. The van der Waals surface area contributed by atoms with Crippen molar-refractivity contribution in [1.29, 1.82) is 0 Å². The van der Waals surface area contributed by atoms with E-state index in [2.05, 4.69) is 0 Å². The molecule has 1 saturated heterocycles. The Balaban J connectivity index is 2.02. The van der Waals surface area contributed by atoms with E-state index in [4.69, 9.17) is 21.1 Å². The van der Waals surface area contributed by atoms with Gasteiger partial charge in [0.2, 0.25) is 5.60 Å². The molecule has 1 saturated carbocycles. The molecule has 0 bridgehead atoms. The lowest BCUT2D eigenvalue weighted by atomic mass is 9.84. The fourth-order valence-electron chi connectivity index (χ4n) is 2.83. The molecule has 0 N–H and O–H groups in total. The number of ether oxygens (including phenoxy) is 2. The molecule has 0 radical (unpaired) electrons. The Bertz CT molecular complexity index is 494. The Morgan fingerprint density at radius 3 is 2.50 bits per heavy atom. The van der Waals surface area contributed by atoms with E-state index < -0.39 is 11.2 Å². The monoisotopic (exact) mass is 266 g/mol. The standard InChI is InChI=1S/C14H15ClO3/c1-13(9-3-4-9)14(18-13,12(16)17-2)10-5-7-11(15)8-6-10/h5-9H,3-4H2,1-2H3. The number of hydrogen-bond donors (Lipinski definition) is 0. The molecule has 0 amide bonds. The minimum atomic E-state index is -0.937. The molecular formula is C14H15ClO3. The largest absolute Gasteiger partial charge is 0.467 e. The summed E-state index contributed by atoms with van der Waals surface area (Å²) in [6.07, 6.45) is 2.23. The highest BCUT2D eigenvalue weighted by molar-refractivity contribution is 6.30. The second kappa shape index (κ2) is 3.72. The van der Waals surface area contributed by atoms with Crippen LogP contribution in [0.4, 0.5) is 0 Å². The summed E-state index contributed by atoms with van der Waals surface area (Å²) in [4.78, 5) is 12.1. The van der Waals surface area contributed by atoms with Gasteiger partial charge in [-0.2, -0.15) is 0 Å². The van der Waals surface area contributed by atoms with Crippen molar-refractivity contribution in [2.75, 3.05) is 7.11 Å². The molecule has 2 fully saturated rings.